The first-order chi connectivity index (χ1) is 8.69. The van der Waals surface area contributed by atoms with E-state index >= 15 is 0 Å². The van der Waals surface area contributed by atoms with Crippen LogP contribution in [-0.2, 0) is 4.79 Å². The molecule has 18 heavy (non-hydrogen) atoms. The second-order valence-corrected chi connectivity index (χ2v) is 4.83. The Kier molecular flexibility index (Phi) is 3.90. The molecule has 1 amide bonds. The molecule has 0 aromatic heterocycles. The lowest BCUT2D eigenvalue weighted by atomic mass is 9.89. The molecule has 1 aliphatic rings. The van der Waals surface area contributed by atoms with Crippen LogP contribution < -0.4 is 4.90 Å². The Balaban J connectivity index is 2.31. The third kappa shape index (κ3) is 2.22. The fraction of sp³-hybridized carbons (Fsp3) is 0.533. The van der Waals surface area contributed by atoms with Gasteiger partial charge in [-0.05, 0) is 31.9 Å². The molecular formula is C15H22N2O. The normalized spacial score (nSPS) is 18.4. The second-order valence-electron chi connectivity index (χ2n) is 4.83. The number of hydrogen-bond acceptors (Lipinski definition) is 2. The molecule has 0 bridgehead atoms. The minimum Gasteiger partial charge on any atom is -0.374 e. The zero-order valence-corrected chi connectivity index (χ0v) is 11.5. The first-order valence-electron chi connectivity index (χ1n) is 6.77. The smallest absolute Gasteiger partial charge is 0.230 e. The van der Waals surface area contributed by atoms with Crippen LogP contribution >= 0.6 is 0 Å². The highest BCUT2D eigenvalue weighted by molar-refractivity contribution is 5.86. The molecule has 0 radical (unpaired) electrons. The van der Waals surface area contributed by atoms with E-state index in [4.69, 9.17) is 0 Å². The van der Waals surface area contributed by atoms with Gasteiger partial charge in [0, 0.05) is 32.4 Å². The van der Waals surface area contributed by atoms with E-state index in [2.05, 4.69) is 24.1 Å². The highest BCUT2D eigenvalue weighted by Gasteiger charge is 2.30. The summed E-state index contributed by atoms with van der Waals surface area (Å²) in [6, 6.07) is 8.27. The van der Waals surface area contributed by atoms with Crippen LogP contribution in [0.25, 0.3) is 0 Å². The lowest BCUT2D eigenvalue weighted by molar-refractivity contribution is -0.132. The van der Waals surface area contributed by atoms with Crippen LogP contribution in [0.15, 0.2) is 24.3 Å². The number of anilines is 1. The Labute approximate surface area is 109 Å². The minimum absolute atomic E-state index is 0.0392. The molecule has 0 N–H and O–H groups in total. The van der Waals surface area contributed by atoms with Crippen molar-refractivity contribution in [1.29, 1.82) is 0 Å². The summed E-state index contributed by atoms with van der Waals surface area (Å²) in [5, 5.41) is 0. The van der Waals surface area contributed by atoms with E-state index in [1.165, 1.54) is 11.3 Å². The molecule has 0 aliphatic carbocycles. The number of benzene rings is 1. The van der Waals surface area contributed by atoms with Gasteiger partial charge in [0.2, 0.25) is 5.91 Å². The fourth-order valence-corrected chi connectivity index (χ4v) is 2.74. The monoisotopic (exact) mass is 246 g/mol. The Hall–Kier alpha value is -1.51. The SMILES string of the molecule is CCN(CC)C(=O)C1CCN(C)c2ccccc21. The van der Waals surface area contributed by atoms with Crippen LogP contribution in [-0.4, -0.2) is 37.5 Å². The lowest BCUT2D eigenvalue weighted by Crippen LogP contribution is -2.39. The van der Waals surface area contributed by atoms with E-state index in [0.717, 1.165) is 26.1 Å². The van der Waals surface area contributed by atoms with Gasteiger partial charge in [-0.3, -0.25) is 4.79 Å². The van der Waals surface area contributed by atoms with Crippen molar-refractivity contribution < 1.29 is 4.79 Å². The van der Waals surface area contributed by atoms with E-state index in [0.29, 0.717) is 0 Å². The number of para-hydroxylation sites is 1. The molecule has 98 valence electrons. The number of likely N-dealkylation sites (N-methyl/N-ethyl adjacent to an activating group) is 1. The van der Waals surface area contributed by atoms with Gasteiger partial charge in [0.1, 0.15) is 0 Å². The van der Waals surface area contributed by atoms with Crippen LogP contribution in [0.5, 0.6) is 0 Å². The highest BCUT2D eigenvalue weighted by Crippen LogP contribution is 2.35. The van der Waals surface area contributed by atoms with Gasteiger partial charge in [-0.2, -0.15) is 0 Å². The quantitative estimate of drug-likeness (QED) is 0.818. The van der Waals surface area contributed by atoms with Crippen molar-refractivity contribution in [2.24, 2.45) is 0 Å². The summed E-state index contributed by atoms with van der Waals surface area (Å²) in [6.07, 6.45) is 0.919. The maximum atomic E-state index is 12.5. The molecule has 3 heteroatoms. The number of nitrogens with zero attached hydrogens (tertiary/aromatic N) is 2. The maximum Gasteiger partial charge on any atom is 0.230 e. The number of carbonyl (C=O) groups is 1. The van der Waals surface area contributed by atoms with Crippen LogP contribution in [0.1, 0.15) is 31.7 Å². The van der Waals surface area contributed by atoms with Gasteiger partial charge in [-0.15, -0.1) is 0 Å². The Morgan fingerprint density at radius 3 is 2.67 bits per heavy atom. The predicted octanol–water partition coefficient (Wildman–Crippen LogP) is 2.48. The average molecular weight is 246 g/mol. The van der Waals surface area contributed by atoms with Crippen molar-refractivity contribution in [3.05, 3.63) is 29.8 Å². The van der Waals surface area contributed by atoms with Crippen molar-refractivity contribution in [3.63, 3.8) is 0 Å². The first-order valence-corrected chi connectivity index (χ1v) is 6.77. The summed E-state index contributed by atoms with van der Waals surface area (Å²) in [5.41, 5.74) is 2.39. The van der Waals surface area contributed by atoms with Gasteiger partial charge in [-0.25, -0.2) is 0 Å². The summed E-state index contributed by atoms with van der Waals surface area (Å²) < 4.78 is 0. The number of amides is 1. The average Bonchev–Trinajstić information content (AvgIpc) is 2.41. The molecule has 0 saturated carbocycles. The van der Waals surface area contributed by atoms with Crippen LogP contribution in [0.3, 0.4) is 0 Å². The fourth-order valence-electron chi connectivity index (χ4n) is 2.74. The zero-order chi connectivity index (χ0) is 13.1. The molecule has 0 fully saturated rings. The minimum atomic E-state index is 0.0392. The molecule has 2 rings (SSSR count). The number of fused-ring (bicyclic) bond motifs is 1. The van der Waals surface area contributed by atoms with E-state index in [1.54, 1.807) is 0 Å². The lowest BCUT2D eigenvalue weighted by Gasteiger charge is -2.34. The topological polar surface area (TPSA) is 23.6 Å². The summed E-state index contributed by atoms with van der Waals surface area (Å²) in [7, 11) is 2.09. The van der Waals surface area contributed by atoms with Crippen LogP contribution in [0.4, 0.5) is 5.69 Å². The molecule has 3 nitrogen and oxygen atoms in total. The van der Waals surface area contributed by atoms with Crippen molar-refractivity contribution in [1.82, 2.24) is 4.90 Å². The molecular weight excluding hydrogens is 224 g/mol. The summed E-state index contributed by atoms with van der Waals surface area (Å²) >= 11 is 0. The summed E-state index contributed by atoms with van der Waals surface area (Å²) in [6.45, 7) is 6.63. The van der Waals surface area contributed by atoms with E-state index in [9.17, 15) is 4.79 Å². The summed E-state index contributed by atoms with van der Waals surface area (Å²) in [5.74, 6) is 0.317. The van der Waals surface area contributed by atoms with Gasteiger partial charge in [0.25, 0.3) is 0 Å². The van der Waals surface area contributed by atoms with Crippen molar-refractivity contribution in [3.8, 4) is 0 Å². The third-order valence-corrected chi connectivity index (χ3v) is 3.85. The molecule has 1 unspecified atom stereocenters. The highest BCUT2D eigenvalue weighted by atomic mass is 16.2. The molecule has 1 aromatic rings. The number of rotatable bonds is 3. The van der Waals surface area contributed by atoms with Gasteiger partial charge in [0.05, 0.1) is 5.92 Å². The largest absolute Gasteiger partial charge is 0.374 e. The Morgan fingerprint density at radius 2 is 2.00 bits per heavy atom. The van der Waals surface area contributed by atoms with Crippen LogP contribution in [0, 0.1) is 0 Å². The van der Waals surface area contributed by atoms with E-state index in [1.807, 2.05) is 30.9 Å². The Bertz CT molecular complexity index is 426. The van der Waals surface area contributed by atoms with Crippen molar-refractivity contribution in [2.45, 2.75) is 26.2 Å². The van der Waals surface area contributed by atoms with Crippen molar-refractivity contribution in [2.75, 3.05) is 31.6 Å². The molecule has 1 aliphatic heterocycles. The zero-order valence-electron chi connectivity index (χ0n) is 11.5. The first kappa shape index (κ1) is 12.9. The molecule has 1 heterocycles. The molecule has 1 aromatic carbocycles. The van der Waals surface area contributed by atoms with Gasteiger partial charge >= 0.3 is 0 Å². The third-order valence-electron chi connectivity index (χ3n) is 3.85. The Morgan fingerprint density at radius 1 is 1.33 bits per heavy atom. The summed E-state index contributed by atoms with van der Waals surface area (Å²) in [4.78, 5) is 16.7. The second kappa shape index (κ2) is 5.42. The standard InChI is InChI=1S/C15H22N2O/c1-4-17(5-2)15(18)13-10-11-16(3)14-9-7-6-8-12(13)14/h6-9,13H,4-5,10-11H2,1-3H3. The molecule has 0 saturated heterocycles. The van der Waals surface area contributed by atoms with Gasteiger partial charge in [0.15, 0.2) is 0 Å². The molecule has 1 atom stereocenters. The van der Waals surface area contributed by atoms with Gasteiger partial charge < -0.3 is 9.80 Å². The van der Waals surface area contributed by atoms with Gasteiger partial charge in [-0.1, -0.05) is 18.2 Å². The molecule has 0 spiro atoms. The van der Waals surface area contributed by atoms with Crippen molar-refractivity contribution >= 4 is 11.6 Å². The van der Waals surface area contributed by atoms with Crippen LogP contribution in [0.2, 0.25) is 0 Å². The predicted molar refractivity (Wildman–Crippen MR) is 75.0 cm³/mol. The van der Waals surface area contributed by atoms with E-state index in [-0.39, 0.29) is 11.8 Å². The number of hydrogen-bond donors (Lipinski definition) is 0. The number of carbonyl (C=O) groups excluding carboxylic acids is 1. The maximum absolute atomic E-state index is 12.5. The van der Waals surface area contributed by atoms with E-state index < -0.39 is 0 Å².